The van der Waals surface area contributed by atoms with E-state index < -0.39 is 0 Å². The molecule has 2 rings (SSSR count). The van der Waals surface area contributed by atoms with Crippen LogP contribution in [0.2, 0.25) is 0 Å². The van der Waals surface area contributed by atoms with Gasteiger partial charge in [-0.25, -0.2) is 0 Å². The van der Waals surface area contributed by atoms with Crippen molar-refractivity contribution in [2.45, 2.75) is 104 Å². The molecule has 1 saturated carbocycles. The van der Waals surface area contributed by atoms with Crippen LogP contribution in [0.4, 0.5) is 5.69 Å². The molecular formula is C23H38N2S. The zero-order valence-electron chi connectivity index (χ0n) is 17.3. The average Bonchev–Trinajstić information content (AvgIpc) is 2.91. The first-order chi connectivity index (χ1) is 12.6. The first-order valence-electron chi connectivity index (χ1n) is 10.9. The third-order valence-corrected chi connectivity index (χ3v) is 6.19. The normalized spacial score (nSPS) is 15.7. The average molecular weight is 375 g/mol. The van der Waals surface area contributed by atoms with Crippen LogP contribution in [0.5, 0.6) is 0 Å². The number of aryl methyl sites for hydroxylation is 2. The molecule has 3 heteroatoms. The van der Waals surface area contributed by atoms with Crippen molar-refractivity contribution < 1.29 is 0 Å². The van der Waals surface area contributed by atoms with Crippen molar-refractivity contribution in [1.29, 1.82) is 0 Å². The number of nitrogens with one attached hydrogen (secondary N) is 2. The zero-order chi connectivity index (χ0) is 18.9. The smallest absolute Gasteiger partial charge is 0.171 e. The minimum atomic E-state index is 0.538. The summed E-state index contributed by atoms with van der Waals surface area (Å²) in [5.74, 6) is 0.663. The van der Waals surface area contributed by atoms with Crippen molar-refractivity contribution >= 4 is 23.0 Å². The van der Waals surface area contributed by atoms with Gasteiger partial charge in [-0.1, -0.05) is 65.5 Å². The maximum atomic E-state index is 5.68. The van der Waals surface area contributed by atoms with E-state index in [1.54, 1.807) is 0 Å². The molecule has 0 radical (unpaired) electrons. The van der Waals surface area contributed by atoms with Crippen LogP contribution in [0.1, 0.15) is 102 Å². The number of hydrogen-bond acceptors (Lipinski definition) is 1. The fourth-order valence-electron chi connectivity index (χ4n) is 4.27. The molecule has 0 amide bonds. The second kappa shape index (κ2) is 10.9. The van der Waals surface area contributed by atoms with E-state index in [1.165, 1.54) is 73.7 Å². The van der Waals surface area contributed by atoms with Crippen molar-refractivity contribution in [2.75, 3.05) is 5.32 Å². The molecule has 1 aromatic carbocycles. The van der Waals surface area contributed by atoms with Gasteiger partial charge in [0.05, 0.1) is 0 Å². The maximum Gasteiger partial charge on any atom is 0.171 e. The summed E-state index contributed by atoms with van der Waals surface area (Å²) in [6.07, 6.45) is 12.4. The summed E-state index contributed by atoms with van der Waals surface area (Å²) in [5.41, 5.74) is 5.54. The minimum Gasteiger partial charge on any atom is -0.360 e. The number of thiocarbonyl (C=S) groups is 1. The molecule has 2 N–H and O–H groups in total. The van der Waals surface area contributed by atoms with Crippen molar-refractivity contribution in [3.63, 3.8) is 0 Å². The van der Waals surface area contributed by atoms with Crippen LogP contribution >= 0.6 is 12.2 Å². The van der Waals surface area contributed by atoms with E-state index >= 15 is 0 Å². The summed E-state index contributed by atoms with van der Waals surface area (Å²) in [6.45, 7) is 9.09. The van der Waals surface area contributed by atoms with Crippen LogP contribution in [0, 0.1) is 0 Å². The summed E-state index contributed by atoms with van der Waals surface area (Å²) < 4.78 is 0. The van der Waals surface area contributed by atoms with Gasteiger partial charge in [0.1, 0.15) is 0 Å². The quantitative estimate of drug-likeness (QED) is 0.409. The summed E-state index contributed by atoms with van der Waals surface area (Å²) >= 11 is 5.68. The van der Waals surface area contributed by atoms with Gasteiger partial charge in [-0.05, 0) is 73.4 Å². The van der Waals surface area contributed by atoms with Gasteiger partial charge in [0, 0.05) is 11.7 Å². The van der Waals surface area contributed by atoms with Gasteiger partial charge in [-0.3, -0.25) is 0 Å². The molecule has 1 fully saturated rings. The first kappa shape index (κ1) is 21.2. The van der Waals surface area contributed by atoms with E-state index in [9.17, 15) is 0 Å². The Morgan fingerprint density at radius 3 is 1.96 bits per heavy atom. The highest BCUT2D eigenvalue weighted by molar-refractivity contribution is 7.80. The molecule has 0 aromatic heterocycles. The standard InChI is InChI=1S/C23H38N2S/c1-5-17(6-2)20-15-18(7-3)22(19(8-4)16-20)25-23(26)24-21-13-11-9-10-12-14-21/h15-17,21H,5-14H2,1-4H3,(H2,24,25,26). The third-order valence-electron chi connectivity index (χ3n) is 5.97. The highest BCUT2D eigenvalue weighted by Gasteiger charge is 2.17. The second-order valence-corrected chi connectivity index (χ2v) is 8.13. The van der Waals surface area contributed by atoms with E-state index in [2.05, 4.69) is 50.5 Å². The lowest BCUT2D eigenvalue weighted by molar-refractivity contribution is 0.535. The van der Waals surface area contributed by atoms with Crippen LogP contribution in [0.3, 0.4) is 0 Å². The van der Waals surface area contributed by atoms with Crippen LogP contribution in [-0.4, -0.2) is 11.2 Å². The molecule has 0 atom stereocenters. The number of rotatable bonds is 7. The van der Waals surface area contributed by atoms with E-state index in [4.69, 9.17) is 12.2 Å². The second-order valence-electron chi connectivity index (χ2n) is 7.72. The fourth-order valence-corrected chi connectivity index (χ4v) is 4.54. The SMILES string of the molecule is CCc1cc(C(CC)CC)cc(CC)c1NC(=S)NC1CCCCCC1. The topological polar surface area (TPSA) is 24.1 Å². The Kier molecular flexibility index (Phi) is 8.90. The van der Waals surface area contributed by atoms with E-state index in [-0.39, 0.29) is 0 Å². The Hall–Kier alpha value is -1.09. The summed E-state index contributed by atoms with van der Waals surface area (Å²) in [4.78, 5) is 0. The number of anilines is 1. The predicted molar refractivity (Wildman–Crippen MR) is 119 cm³/mol. The zero-order valence-corrected chi connectivity index (χ0v) is 18.1. The van der Waals surface area contributed by atoms with Crippen molar-refractivity contribution in [1.82, 2.24) is 5.32 Å². The van der Waals surface area contributed by atoms with Gasteiger partial charge in [-0.2, -0.15) is 0 Å². The first-order valence-corrected chi connectivity index (χ1v) is 11.3. The Labute approximate surface area is 166 Å². The van der Waals surface area contributed by atoms with Crippen LogP contribution in [0.25, 0.3) is 0 Å². The molecule has 0 aliphatic heterocycles. The van der Waals surface area contributed by atoms with E-state index in [0.717, 1.165) is 18.0 Å². The van der Waals surface area contributed by atoms with Gasteiger partial charge in [0.2, 0.25) is 0 Å². The fraction of sp³-hybridized carbons (Fsp3) is 0.696. The summed E-state index contributed by atoms with van der Waals surface area (Å²) in [6, 6.07) is 5.36. The molecular weight excluding hydrogens is 336 g/mol. The molecule has 1 aromatic rings. The van der Waals surface area contributed by atoms with Gasteiger partial charge >= 0.3 is 0 Å². The van der Waals surface area contributed by atoms with Gasteiger partial charge in [0.25, 0.3) is 0 Å². The molecule has 2 nitrogen and oxygen atoms in total. The molecule has 0 unspecified atom stereocenters. The van der Waals surface area contributed by atoms with Crippen LogP contribution in [-0.2, 0) is 12.8 Å². The van der Waals surface area contributed by atoms with Crippen molar-refractivity contribution in [2.24, 2.45) is 0 Å². The number of benzene rings is 1. The van der Waals surface area contributed by atoms with Gasteiger partial charge < -0.3 is 10.6 Å². The van der Waals surface area contributed by atoms with Gasteiger partial charge in [-0.15, -0.1) is 0 Å². The lowest BCUT2D eigenvalue weighted by Crippen LogP contribution is -2.37. The van der Waals surface area contributed by atoms with Crippen LogP contribution < -0.4 is 10.6 Å². The Morgan fingerprint density at radius 2 is 1.50 bits per heavy atom. The predicted octanol–water partition coefficient (Wildman–Crippen LogP) is 6.72. The highest BCUT2D eigenvalue weighted by Crippen LogP contribution is 2.31. The molecule has 1 aliphatic carbocycles. The third kappa shape index (κ3) is 5.70. The molecule has 0 bridgehead atoms. The van der Waals surface area contributed by atoms with E-state index in [0.29, 0.717) is 12.0 Å². The van der Waals surface area contributed by atoms with Crippen molar-refractivity contribution in [3.8, 4) is 0 Å². The molecule has 26 heavy (non-hydrogen) atoms. The van der Waals surface area contributed by atoms with Crippen LogP contribution in [0.15, 0.2) is 12.1 Å². The Morgan fingerprint density at radius 1 is 0.962 bits per heavy atom. The van der Waals surface area contributed by atoms with Crippen molar-refractivity contribution in [3.05, 3.63) is 28.8 Å². The number of hydrogen-bond donors (Lipinski definition) is 2. The molecule has 0 heterocycles. The molecule has 146 valence electrons. The molecule has 0 saturated heterocycles. The molecule has 1 aliphatic rings. The molecule has 0 spiro atoms. The Balaban J connectivity index is 2.17. The largest absolute Gasteiger partial charge is 0.360 e. The summed E-state index contributed by atoms with van der Waals surface area (Å²) in [5, 5.41) is 7.96. The monoisotopic (exact) mass is 374 g/mol. The lowest BCUT2D eigenvalue weighted by atomic mass is 9.89. The lowest BCUT2D eigenvalue weighted by Gasteiger charge is -2.23. The maximum absolute atomic E-state index is 5.68. The Bertz CT molecular complexity index is 545. The van der Waals surface area contributed by atoms with E-state index in [1.807, 2.05) is 0 Å². The minimum absolute atomic E-state index is 0.538. The highest BCUT2D eigenvalue weighted by atomic mass is 32.1. The summed E-state index contributed by atoms with van der Waals surface area (Å²) in [7, 11) is 0. The van der Waals surface area contributed by atoms with Gasteiger partial charge in [0.15, 0.2) is 5.11 Å².